The number of rotatable bonds is 2. The Labute approximate surface area is 90.5 Å². The molecule has 0 saturated carbocycles. The molecular formula is C9H13NNa. The number of para-hydroxylation sites is 1. The predicted molar refractivity (Wildman–Crippen MR) is 51.1 cm³/mol. The molecule has 0 aliphatic carbocycles. The molecule has 55 valence electrons. The van der Waals surface area contributed by atoms with E-state index < -0.39 is 0 Å². The van der Waals surface area contributed by atoms with Gasteiger partial charge in [-0.3, -0.25) is 0 Å². The molecule has 0 heterocycles. The summed E-state index contributed by atoms with van der Waals surface area (Å²) < 4.78 is 0. The van der Waals surface area contributed by atoms with Gasteiger partial charge in [-0.05, 0) is 25.5 Å². The van der Waals surface area contributed by atoms with Crippen molar-refractivity contribution in [3.8, 4) is 0 Å². The molecule has 0 aromatic heterocycles. The first-order chi connectivity index (χ1) is 4.84. The fourth-order valence-electron chi connectivity index (χ4n) is 0.962. The first kappa shape index (κ1) is 11.0. The van der Waals surface area contributed by atoms with Gasteiger partial charge in [0.1, 0.15) is 0 Å². The molecule has 0 bridgehead atoms. The van der Waals surface area contributed by atoms with Crippen molar-refractivity contribution in [1.29, 1.82) is 0 Å². The van der Waals surface area contributed by atoms with E-state index in [0.717, 1.165) is 6.54 Å². The van der Waals surface area contributed by atoms with Crippen LogP contribution in [0.2, 0.25) is 0 Å². The first-order valence-electron chi connectivity index (χ1n) is 3.64. The Kier molecular flexibility index (Phi) is 5.65. The quantitative estimate of drug-likeness (QED) is 0.649. The summed E-state index contributed by atoms with van der Waals surface area (Å²) in [5, 5.41) is 3.28. The Hall–Kier alpha value is 0.0200. The zero-order chi connectivity index (χ0) is 7.40. The molecule has 1 radical (unpaired) electrons. The molecule has 11 heavy (non-hydrogen) atoms. The molecule has 0 saturated heterocycles. The van der Waals surface area contributed by atoms with Crippen LogP contribution in [0, 0.1) is 6.92 Å². The molecule has 2 heteroatoms. The minimum atomic E-state index is 0. The molecule has 1 aromatic carbocycles. The van der Waals surface area contributed by atoms with Crippen molar-refractivity contribution in [1.82, 2.24) is 0 Å². The summed E-state index contributed by atoms with van der Waals surface area (Å²) in [7, 11) is 0. The molecule has 0 aliphatic heterocycles. The second-order valence-corrected chi connectivity index (χ2v) is 2.35. The Bertz CT molecular complexity index is 210. The third-order valence-electron chi connectivity index (χ3n) is 1.51. The summed E-state index contributed by atoms with van der Waals surface area (Å²) in [6.45, 7) is 5.20. The Balaban J connectivity index is 0.000001000. The number of hydrogen-bond donors (Lipinski definition) is 1. The van der Waals surface area contributed by atoms with E-state index in [1.54, 1.807) is 0 Å². The minimum Gasteiger partial charge on any atom is -0.385 e. The largest absolute Gasteiger partial charge is 0.385 e. The number of hydrogen-bond acceptors (Lipinski definition) is 1. The minimum absolute atomic E-state index is 0. The average Bonchev–Trinajstić information content (AvgIpc) is 1.94. The molecule has 1 N–H and O–H groups in total. The average molecular weight is 158 g/mol. The Morgan fingerprint density at radius 1 is 1.27 bits per heavy atom. The monoisotopic (exact) mass is 158 g/mol. The van der Waals surface area contributed by atoms with E-state index >= 15 is 0 Å². The van der Waals surface area contributed by atoms with E-state index in [1.807, 2.05) is 6.07 Å². The number of benzene rings is 1. The van der Waals surface area contributed by atoms with Crippen molar-refractivity contribution < 1.29 is 0 Å². The van der Waals surface area contributed by atoms with Gasteiger partial charge in [0, 0.05) is 41.8 Å². The van der Waals surface area contributed by atoms with Crippen LogP contribution in [0.15, 0.2) is 24.3 Å². The Morgan fingerprint density at radius 2 is 1.91 bits per heavy atom. The SMILES string of the molecule is CCNc1ccccc1C.[Na]. The van der Waals surface area contributed by atoms with Crippen molar-refractivity contribution in [3.63, 3.8) is 0 Å². The van der Waals surface area contributed by atoms with Crippen LogP contribution in [0.4, 0.5) is 5.69 Å². The summed E-state index contributed by atoms with van der Waals surface area (Å²) >= 11 is 0. The molecule has 0 fully saturated rings. The van der Waals surface area contributed by atoms with Crippen LogP contribution in [0.25, 0.3) is 0 Å². The normalized spacial score (nSPS) is 8.55. The summed E-state index contributed by atoms with van der Waals surface area (Å²) in [4.78, 5) is 0. The van der Waals surface area contributed by atoms with Gasteiger partial charge in [0.2, 0.25) is 0 Å². The van der Waals surface area contributed by atoms with Crippen LogP contribution in [-0.2, 0) is 0 Å². The zero-order valence-electron chi connectivity index (χ0n) is 7.52. The van der Waals surface area contributed by atoms with E-state index in [2.05, 4.69) is 37.4 Å². The third kappa shape index (κ3) is 3.28. The molecule has 1 rings (SSSR count). The van der Waals surface area contributed by atoms with E-state index in [1.165, 1.54) is 11.3 Å². The van der Waals surface area contributed by atoms with Crippen LogP contribution in [0.3, 0.4) is 0 Å². The molecule has 1 aromatic rings. The number of aryl methyl sites for hydroxylation is 1. The fourth-order valence-corrected chi connectivity index (χ4v) is 0.962. The van der Waals surface area contributed by atoms with Gasteiger partial charge in [0.15, 0.2) is 0 Å². The maximum Gasteiger partial charge on any atom is 0.0369 e. The molecule has 0 atom stereocenters. The molecule has 0 aliphatic rings. The van der Waals surface area contributed by atoms with Gasteiger partial charge in [-0.2, -0.15) is 0 Å². The van der Waals surface area contributed by atoms with Gasteiger partial charge >= 0.3 is 0 Å². The van der Waals surface area contributed by atoms with Crippen molar-refractivity contribution >= 4 is 35.2 Å². The van der Waals surface area contributed by atoms with E-state index in [4.69, 9.17) is 0 Å². The van der Waals surface area contributed by atoms with Gasteiger partial charge in [0.05, 0.1) is 0 Å². The van der Waals surface area contributed by atoms with E-state index in [-0.39, 0.29) is 29.6 Å². The second kappa shape index (κ2) is 5.64. The van der Waals surface area contributed by atoms with Crippen LogP contribution in [0.5, 0.6) is 0 Å². The van der Waals surface area contributed by atoms with E-state index in [9.17, 15) is 0 Å². The fraction of sp³-hybridized carbons (Fsp3) is 0.333. The number of anilines is 1. The maximum absolute atomic E-state index is 3.28. The van der Waals surface area contributed by atoms with Gasteiger partial charge in [-0.25, -0.2) is 0 Å². The summed E-state index contributed by atoms with van der Waals surface area (Å²) in [6, 6.07) is 8.30. The standard InChI is InChI=1S/C9H13N.Na/c1-3-10-9-7-5-4-6-8(9)2;/h4-7,10H,3H2,1-2H3;. The van der Waals surface area contributed by atoms with Gasteiger partial charge in [-0.15, -0.1) is 0 Å². The van der Waals surface area contributed by atoms with Crippen LogP contribution >= 0.6 is 0 Å². The van der Waals surface area contributed by atoms with Crippen LogP contribution in [-0.4, -0.2) is 36.1 Å². The molecule has 0 unspecified atom stereocenters. The van der Waals surface area contributed by atoms with Crippen molar-refractivity contribution in [2.45, 2.75) is 13.8 Å². The molecule has 0 amide bonds. The number of nitrogens with one attached hydrogen (secondary N) is 1. The van der Waals surface area contributed by atoms with Gasteiger partial charge in [-0.1, -0.05) is 18.2 Å². The summed E-state index contributed by atoms with van der Waals surface area (Å²) in [5.41, 5.74) is 2.55. The third-order valence-corrected chi connectivity index (χ3v) is 1.51. The van der Waals surface area contributed by atoms with Gasteiger partial charge in [0.25, 0.3) is 0 Å². The summed E-state index contributed by atoms with van der Waals surface area (Å²) in [6.07, 6.45) is 0. The Morgan fingerprint density at radius 3 is 2.45 bits per heavy atom. The molecule has 0 spiro atoms. The topological polar surface area (TPSA) is 12.0 Å². The second-order valence-electron chi connectivity index (χ2n) is 2.35. The molecular weight excluding hydrogens is 145 g/mol. The maximum atomic E-state index is 3.28. The van der Waals surface area contributed by atoms with E-state index in [0.29, 0.717) is 0 Å². The zero-order valence-corrected chi connectivity index (χ0v) is 9.52. The van der Waals surface area contributed by atoms with Crippen LogP contribution < -0.4 is 5.32 Å². The predicted octanol–water partition coefficient (Wildman–Crippen LogP) is 2.05. The molecule has 1 nitrogen and oxygen atoms in total. The summed E-state index contributed by atoms with van der Waals surface area (Å²) in [5.74, 6) is 0. The van der Waals surface area contributed by atoms with Crippen LogP contribution in [0.1, 0.15) is 12.5 Å². The van der Waals surface area contributed by atoms with Crippen molar-refractivity contribution in [2.75, 3.05) is 11.9 Å². The smallest absolute Gasteiger partial charge is 0.0369 e. The van der Waals surface area contributed by atoms with Gasteiger partial charge < -0.3 is 5.32 Å². The van der Waals surface area contributed by atoms with Crippen molar-refractivity contribution in [2.24, 2.45) is 0 Å². The van der Waals surface area contributed by atoms with Crippen molar-refractivity contribution in [3.05, 3.63) is 29.8 Å². The first-order valence-corrected chi connectivity index (χ1v) is 3.64.